The Bertz CT molecular complexity index is 674. The van der Waals surface area contributed by atoms with Crippen LogP contribution in [0.25, 0.3) is 0 Å². The summed E-state index contributed by atoms with van der Waals surface area (Å²) in [7, 11) is 1.64. The van der Waals surface area contributed by atoms with Crippen LogP contribution in [0.4, 0.5) is 0 Å². The Morgan fingerprint density at radius 3 is 2.62 bits per heavy atom. The number of hydrogen-bond acceptors (Lipinski definition) is 3. The van der Waals surface area contributed by atoms with E-state index in [1.54, 1.807) is 13.2 Å². The van der Waals surface area contributed by atoms with Crippen molar-refractivity contribution in [1.29, 1.82) is 0 Å². The van der Waals surface area contributed by atoms with E-state index in [0.717, 1.165) is 34.6 Å². The van der Waals surface area contributed by atoms with Crippen LogP contribution >= 0.6 is 27.5 Å². The molecule has 2 rings (SSSR count). The van der Waals surface area contributed by atoms with E-state index < -0.39 is 0 Å². The van der Waals surface area contributed by atoms with E-state index in [1.807, 2.05) is 24.3 Å². The summed E-state index contributed by atoms with van der Waals surface area (Å²) in [5.74, 6) is 1.41. The lowest BCUT2D eigenvalue weighted by molar-refractivity contribution is 0.324. The molecule has 3 nitrogen and oxygen atoms in total. The number of methoxy groups -OCH3 is 1. The summed E-state index contributed by atoms with van der Waals surface area (Å²) in [5, 5.41) is 4.21. The average Bonchev–Trinajstić information content (AvgIpc) is 2.59. The molecular formula is C19H21BrClNO2. The SMILES string of the molecule is C=CCOc1c(Br)cc(CNCCc2ccc(Cl)cc2)cc1OC. The molecule has 0 aliphatic heterocycles. The Hall–Kier alpha value is -1.49. The van der Waals surface area contributed by atoms with E-state index in [4.69, 9.17) is 21.1 Å². The minimum atomic E-state index is 0.438. The predicted molar refractivity (Wildman–Crippen MR) is 103 cm³/mol. The van der Waals surface area contributed by atoms with Crippen molar-refractivity contribution in [3.05, 3.63) is 69.7 Å². The van der Waals surface area contributed by atoms with Crippen LogP contribution in [0.15, 0.2) is 53.5 Å². The fourth-order valence-electron chi connectivity index (χ4n) is 2.27. The summed E-state index contributed by atoms with van der Waals surface area (Å²) in [5.41, 5.74) is 2.39. The van der Waals surface area contributed by atoms with E-state index in [0.29, 0.717) is 18.1 Å². The maximum atomic E-state index is 5.89. The first-order valence-corrected chi connectivity index (χ1v) is 8.86. The van der Waals surface area contributed by atoms with E-state index >= 15 is 0 Å². The summed E-state index contributed by atoms with van der Waals surface area (Å²) in [6.07, 6.45) is 2.66. The maximum absolute atomic E-state index is 5.89. The van der Waals surface area contributed by atoms with Crippen molar-refractivity contribution in [3.8, 4) is 11.5 Å². The molecule has 0 aromatic heterocycles. The van der Waals surface area contributed by atoms with Crippen LogP contribution in [0, 0.1) is 0 Å². The summed E-state index contributed by atoms with van der Waals surface area (Å²) in [4.78, 5) is 0. The molecule has 0 atom stereocenters. The lowest BCUT2D eigenvalue weighted by Crippen LogP contribution is -2.16. The van der Waals surface area contributed by atoms with Crippen LogP contribution in [-0.4, -0.2) is 20.3 Å². The van der Waals surface area contributed by atoms with Crippen LogP contribution in [0.3, 0.4) is 0 Å². The third-order valence-electron chi connectivity index (χ3n) is 3.47. The van der Waals surface area contributed by atoms with E-state index in [9.17, 15) is 0 Å². The van der Waals surface area contributed by atoms with Crippen molar-refractivity contribution in [2.75, 3.05) is 20.3 Å². The molecule has 0 radical (unpaired) electrons. The minimum Gasteiger partial charge on any atom is -0.493 e. The molecule has 0 saturated carbocycles. The highest BCUT2D eigenvalue weighted by atomic mass is 79.9. The molecule has 2 aromatic carbocycles. The molecular weight excluding hydrogens is 390 g/mol. The van der Waals surface area contributed by atoms with Gasteiger partial charge >= 0.3 is 0 Å². The first-order chi connectivity index (χ1) is 11.6. The van der Waals surface area contributed by atoms with Gasteiger partial charge in [0.25, 0.3) is 0 Å². The Balaban J connectivity index is 1.91. The molecule has 1 N–H and O–H groups in total. The molecule has 24 heavy (non-hydrogen) atoms. The zero-order valence-corrected chi connectivity index (χ0v) is 16.0. The van der Waals surface area contributed by atoms with Crippen molar-refractivity contribution < 1.29 is 9.47 Å². The lowest BCUT2D eigenvalue weighted by atomic mass is 10.1. The van der Waals surface area contributed by atoms with Gasteiger partial charge in [0.1, 0.15) is 6.61 Å². The summed E-state index contributed by atoms with van der Waals surface area (Å²) < 4.78 is 11.9. The molecule has 0 amide bonds. The number of halogens is 2. The van der Waals surface area contributed by atoms with Gasteiger partial charge in [-0.2, -0.15) is 0 Å². The number of hydrogen-bond donors (Lipinski definition) is 1. The van der Waals surface area contributed by atoms with Gasteiger partial charge < -0.3 is 14.8 Å². The summed E-state index contributed by atoms with van der Waals surface area (Å²) in [6, 6.07) is 12.0. The number of rotatable bonds is 9. The molecule has 0 aliphatic carbocycles. The van der Waals surface area contributed by atoms with Crippen molar-refractivity contribution >= 4 is 27.5 Å². The molecule has 0 aliphatic rings. The van der Waals surface area contributed by atoms with Gasteiger partial charge in [0, 0.05) is 11.6 Å². The maximum Gasteiger partial charge on any atom is 0.175 e. The Kier molecular flexibility index (Phi) is 7.63. The quantitative estimate of drug-likeness (QED) is 0.466. The normalized spacial score (nSPS) is 10.5. The molecule has 0 saturated heterocycles. The molecule has 2 aromatic rings. The van der Waals surface area contributed by atoms with Gasteiger partial charge in [0.15, 0.2) is 11.5 Å². The smallest absolute Gasteiger partial charge is 0.175 e. The molecule has 0 bridgehead atoms. The number of ether oxygens (including phenoxy) is 2. The third-order valence-corrected chi connectivity index (χ3v) is 4.31. The van der Waals surface area contributed by atoms with E-state index in [-0.39, 0.29) is 0 Å². The van der Waals surface area contributed by atoms with Crippen LogP contribution in [0.1, 0.15) is 11.1 Å². The van der Waals surface area contributed by atoms with Crippen LogP contribution < -0.4 is 14.8 Å². The predicted octanol–water partition coefficient (Wildman–Crippen LogP) is 5.01. The second-order valence-corrected chi connectivity index (χ2v) is 6.55. The average molecular weight is 411 g/mol. The van der Waals surface area contributed by atoms with Crippen LogP contribution in [0.2, 0.25) is 5.02 Å². The first kappa shape index (κ1) is 18.8. The fraction of sp³-hybridized carbons (Fsp3) is 0.263. The van der Waals surface area contributed by atoms with Gasteiger partial charge in [-0.15, -0.1) is 0 Å². The highest BCUT2D eigenvalue weighted by molar-refractivity contribution is 9.10. The van der Waals surface area contributed by atoms with Crippen molar-refractivity contribution in [3.63, 3.8) is 0 Å². The van der Waals surface area contributed by atoms with E-state index in [2.05, 4.69) is 40.0 Å². The molecule has 128 valence electrons. The van der Waals surface area contributed by atoms with Gasteiger partial charge in [0.05, 0.1) is 11.6 Å². The lowest BCUT2D eigenvalue weighted by Gasteiger charge is -2.14. The Morgan fingerprint density at radius 1 is 1.21 bits per heavy atom. The van der Waals surface area contributed by atoms with E-state index in [1.165, 1.54) is 5.56 Å². The minimum absolute atomic E-state index is 0.438. The zero-order chi connectivity index (χ0) is 17.4. The topological polar surface area (TPSA) is 30.5 Å². The molecule has 0 fully saturated rings. The Morgan fingerprint density at radius 2 is 1.96 bits per heavy atom. The fourth-order valence-corrected chi connectivity index (χ4v) is 3.00. The number of benzene rings is 2. The van der Waals surface area contributed by atoms with Crippen molar-refractivity contribution in [2.24, 2.45) is 0 Å². The van der Waals surface area contributed by atoms with Crippen LogP contribution in [-0.2, 0) is 13.0 Å². The standard InChI is InChI=1S/C19H21BrClNO2/c1-3-10-24-19-17(20)11-15(12-18(19)23-2)13-22-9-8-14-4-6-16(21)7-5-14/h3-7,11-12,22H,1,8-10,13H2,2H3. The van der Waals surface area contributed by atoms with Crippen molar-refractivity contribution in [1.82, 2.24) is 5.32 Å². The van der Waals surface area contributed by atoms with Gasteiger partial charge in [-0.25, -0.2) is 0 Å². The monoisotopic (exact) mass is 409 g/mol. The zero-order valence-electron chi connectivity index (χ0n) is 13.6. The van der Waals surface area contributed by atoms with Gasteiger partial charge in [0.2, 0.25) is 0 Å². The van der Waals surface area contributed by atoms with Crippen LogP contribution in [0.5, 0.6) is 11.5 Å². The van der Waals surface area contributed by atoms with Gasteiger partial charge in [-0.3, -0.25) is 0 Å². The summed E-state index contributed by atoms with van der Waals surface area (Å²) in [6.45, 7) is 5.74. The highest BCUT2D eigenvalue weighted by Gasteiger charge is 2.11. The number of nitrogens with one attached hydrogen (secondary N) is 1. The first-order valence-electron chi connectivity index (χ1n) is 7.69. The largest absolute Gasteiger partial charge is 0.493 e. The second kappa shape index (κ2) is 9.72. The van der Waals surface area contributed by atoms with Gasteiger partial charge in [-0.05, 0) is 64.3 Å². The third kappa shape index (κ3) is 5.55. The molecule has 0 unspecified atom stereocenters. The molecule has 0 spiro atoms. The second-order valence-electron chi connectivity index (χ2n) is 5.26. The van der Waals surface area contributed by atoms with Gasteiger partial charge in [-0.1, -0.05) is 36.4 Å². The molecule has 5 heteroatoms. The van der Waals surface area contributed by atoms with Crippen molar-refractivity contribution in [2.45, 2.75) is 13.0 Å². The highest BCUT2D eigenvalue weighted by Crippen LogP contribution is 2.36. The molecule has 0 heterocycles. The summed E-state index contributed by atoms with van der Waals surface area (Å²) >= 11 is 9.44. The Labute approximate surface area is 156 Å².